The summed E-state index contributed by atoms with van der Waals surface area (Å²) in [7, 11) is 3.24. The van der Waals surface area contributed by atoms with E-state index in [0.29, 0.717) is 48.5 Å². The van der Waals surface area contributed by atoms with Crippen molar-refractivity contribution in [2.24, 2.45) is 5.92 Å². The summed E-state index contributed by atoms with van der Waals surface area (Å²) in [5.41, 5.74) is 0.370. The van der Waals surface area contributed by atoms with Gasteiger partial charge < -0.3 is 30.3 Å². The molecule has 1 aliphatic rings. The largest absolute Gasteiger partial charge is 0.493 e. The van der Waals surface area contributed by atoms with Gasteiger partial charge >= 0.3 is 0 Å². The number of hydrogen-bond acceptors (Lipinski definition) is 10. The Bertz CT molecular complexity index is 1130. The van der Waals surface area contributed by atoms with E-state index in [-0.39, 0.29) is 18.3 Å². The lowest BCUT2D eigenvalue weighted by atomic mass is 9.69. The van der Waals surface area contributed by atoms with Crippen LogP contribution in [0.5, 0.6) is 11.5 Å². The second-order valence-electron chi connectivity index (χ2n) is 10.2. The Hall–Kier alpha value is -3.55. The molecule has 1 aromatic carbocycles. The number of piperidine rings is 1. The number of ether oxygens (including phenoxy) is 2. The Morgan fingerprint density at radius 1 is 1.05 bits per heavy atom. The molecular formula is C30H45ClN8O2. The number of nitriles is 1. The molecule has 0 bridgehead atoms. The maximum absolute atomic E-state index is 10.3. The fourth-order valence-electron chi connectivity index (χ4n) is 5.08. The number of aromatic nitrogens is 3. The molecule has 1 fully saturated rings. The molecule has 11 heteroatoms. The van der Waals surface area contributed by atoms with E-state index in [1.54, 1.807) is 26.4 Å². The van der Waals surface area contributed by atoms with Gasteiger partial charge in [0.2, 0.25) is 17.8 Å². The molecule has 3 rings (SSSR count). The lowest BCUT2D eigenvalue weighted by molar-refractivity contribution is 0.335. The summed E-state index contributed by atoms with van der Waals surface area (Å²) in [6.45, 7) is 15.4. The van der Waals surface area contributed by atoms with Crippen LogP contribution in [0.15, 0.2) is 43.5 Å². The van der Waals surface area contributed by atoms with Gasteiger partial charge in [0.05, 0.1) is 25.7 Å². The molecule has 41 heavy (non-hydrogen) atoms. The minimum Gasteiger partial charge on any atom is -0.493 e. The first-order chi connectivity index (χ1) is 19.4. The minimum atomic E-state index is -0.599. The van der Waals surface area contributed by atoms with Crippen LogP contribution >= 0.6 is 12.4 Å². The van der Waals surface area contributed by atoms with Crippen LogP contribution in [0.25, 0.3) is 0 Å². The predicted molar refractivity (Wildman–Crippen MR) is 169 cm³/mol. The molecule has 224 valence electrons. The maximum Gasteiger partial charge on any atom is 0.231 e. The molecule has 0 saturated carbocycles. The molecule has 3 N–H and O–H groups in total. The van der Waals surface area contributed by atoms with E-state index in [2.05, 4.69) is 68.9 Å². The fraction of sp³-hybridized carbons (Fsp3) is 0.533. The van der Waals surface area contributed by atoms with Crippen molar-refractivity contribution >= 4 is 30.3 Å². The highest BCUT2D eigenvalue weighted by Crippen LogP contribution is 2.40. The quantitative estimate of drug-likeness (QED) is 0.184. The van der Waals surface area contributed by atoms with E-state index >= 15 is 0 Å². The molecule has 0 aliphatic carbocycles. The molecule has 1 aromatic heterocycles. The first kappa shape index (κ1) is 33.7. The van der Waals surface area contributed by atoms with Crippen LogP contribution in [0.2, 0.25) is 0 Å². The number of anilines is 3. The average Bonchev–Trinajstić information content (AvgIpc) is 2.99. The lowest BCUT2D eigenvalue weighted by Gasteiger charge is -2.34. The normalized spacial score (nSPS) is 14.8. The Morgan fingerprint density at radius 2 is 1.66 bits per heavy atom. The monoisotopic (exact) mass is 584 g/mol. The van der Waals surface area contributed by atoms with Crippen LogP contribution < -0.4 is 30.3 Å². The highest BCUT2D eigenvalue weighted by atomic mass is 35.5. The highest BCUT2D eigenvalue weighted by molar-refractivity contribution is 5.85. The zero-order chi connectivity index (χ0) is 29.0. The summed E-state index contributed by atoms with van der Waals surface area (Å²) < 4.78 is 10.9. The summed E-state index contributed by atoms with van der Waals surface area (Å²) >= 11 is 0. The van der Waals surface area contributed by atoms with Crippen molar-refractivity contribution in [2.45, 2.75) is 51.0 Å². The second kappa shape index (κ2) is 16.7. The standard InChI is InChI=1S/C30H44N8O2.ClH/c1-7-15-33-27-35-28(34-16-8-2)37-29(36-27)38-18-12-24(13-19-38)32-17-9-14-30(21-31,22(3)4)23-10-11-25(39-5)26(20-23)40-6;/h7-8,10-11,20,22,24,32H,1-2,9,12-19H2,3-6H3,(H2,33,34,35,36,37);1H. The Kier molecular flexibility index (Phi) is 13.7. The summed E-state index contributed by atoms with van der Waals surface area (Å²) in [6.07, 6.45) is 7.17. The molecule has 0 radical (unpaired) electrons. The van der Waals surface area contributed by atoms with Crippen molar-refractivity contribution in [3.63, 3.8) is 0 Å². The summed E-state index contributed by atoms with van der Waals surface area (Å²) in [5.74, 6) is 3.18. The van der Waals surface area contributed by atoms with Crippen LogP contribution in [0.4, 0.5) is 17.8 Å². The smallest absolute Gasteiger partial charge is 0.231 e. The van der Waals surface area contributed by atoms with Crippen LogP contribution in [0, 0.1) is 17.2 Å². The Balaban J connectivity index is 0.00000588. The molecule has 10 nitrogen and oxygen atoms in total. The zero-order valence-corrected chi connectivity index (χ0v) is 25.6. The van der Waals surface area contributed by atoms with Crippen molar-refractivity contribution in [2.75, 3.05) is 62.5 Å². The topological polar surface area (TPSA) is 120 Å². The van der Waals surface area contributed by atoms with Gasteiger partial charge in [-0.25, -0.2) is 0 Å². The number of benzene rings is 1. The SMILES string of the molecule is C=CCNc1nc(NCC=C)nc(N2CCC(NCCCC(C#N)(c3ccc(OC)c(OC)c3)C(C)C)CC2)n1.Cl. The van der Waals surface area contributed by atoms with Crippen LogP contribution in [0.3, 0.4) is 0 Å². The lowest BCUT2D eigenvalue weighted by Crippen LogP contribution is -2.43. The Labute approximate surface area is 251 Å². The van der Waals surface area contributed by atoms with Crippen molar-refractivity contribution < 1.29 is 9.47 Å². The number of hydrogen-bond donors (Lipinski definition) is 3. The van der Waals surface area contributed by atoms with Gasteiger partial charge in [-0.1, -0.05) is 32.1 Å². The predicted octanol–water partition coefficient (Wildman–Crippen LogP) is 4.96. The van der Waals surface area contributed by atoms with Crippen LogP contribution in [0.1, 0.15) is 45.1 Å². The third-order valence-corrected chi connectivity index (χ3v) is 7.48. The molecule has 1 unspecified atom stereocenters. The van der Waals surface area contributed by atoms with Gasteiger partial charge in [0.15, 0.2) is 11.5 Å². The highest BCUT2D eigenvalue weighted by Gasteiger charge is 2.36. The van der Waals surface area contributed by atoms with Gasteiger partial charge in [-0.05, 0) is 55.8 Å². The third-order valence-electron chi connectivity index (χ3n) is 7.48. The van der Waals surface area contributed by atoms with E-state index in [0.717, 1.165) is 50.9 Å². The minimum absolute atomic E-state index is 0. The first-order valence-corrected chi connectivity index (χ1v) is 14.0. The number of methoxy groups -OCH3 is 2. The van der Waals surface area contributed by atoms with Crippen molar-refractivity contribution in [1.29, 1.82) is 5.26 Å². The summed E-state index contributed by atoms with van der Waals surface area (Å²) in [4.78, 5) is 15.9. The molecule has 1 aliphatic heterocycles. The summed E-state index contributed by atoms with van der Waals surface area (Å²) in [5, 5.41) is 20.4. The van der Waals surface area contributed by atoms with Crippen molar-refractivity contribution in [1.82, 2.24) is 20.3 Å². The molecule has 2 heterocycles. The van der Waals surface area contributed by atoms with Crippen LogP contribution in [-0.4, -0.2) is 67.9 Å². The molecule has 0 amide bonds. The van der Waals surface area contributed by atoms with E-state index in [1.807, 2.05) is 18.2 Å². The molecule has 1 atom stereocenters. The number of nitrogens with one attached hydrogen (secondary N) is 3. The van der Waals surface area contributed by atoms with Gasteiger partial charge in [-0.2, -0.15) is 20.2 Å². The molecule has 0 spiro atoms. The van der Waals surface area contributed by atoms with Crippen molar-refractivity contribution in [3.05, 3.63) is 49.1 Å². The molecule has 1 saturated heterocycles. The van der Waals surface area contributed by atoms with Gasteiger partial charge in [0.25, 0.3) is 0 Å². The van der Waals surface area contributed by atoms with E-state index < -0.39 is 5.41 Å². The van der Waals surface area contributed by atoms with Gasteiger partial charge in [0, 0.05) is 32.2 Å². The molecule has 2 aromatic rings. The third kappa shape index (κ3) is 8.72. The van der Waals surface area contributed by atoms with Gasteiger partial charge in [-0.15, -0.1) is 25.6 Å². The van der Waals surface area contributed by atoms with E-state index in [4.69, 9.17) is 9.47 Å². The summed E-state index contributed by atoms with van der Waals surface area (Å²) in [6, 6.07) is 8.88. The number of rotatable bonds is 16. The van der Waals surface area contributed by atoms with Crippen LogP contribution in [-0.2, 0) is 5.41 Å². The number of nitrogens with zero attached hydrogens (tertiary/aromatic N) is 5. The first-order valence-electron chi connectivity index (χ1n) is 14.0. The fourth-order valence-corrected chi connectivity index (χ4v) is 5.08. The van der Waals surface area contributed by atoms with Crippen molar-refractivity contribution in [3.8, 4) is 17.6 Å². The number of halogens is 1. The average molecular weight is 585 g/mol. The van der Waals surface area contributed by atoms with Gasteiger partial charge in [0.1, 0.15) is 0 Å². The second-order valence-corrected chi connectivity index (χ2v) is 10.2. The zero-order valence-electron chi connectivity index (χ0n) is 24.8. The van der Waals surface area contributed by atoms with E-state index in [9.17, 15) is 5.26 Å². The molecular weight excluding hydrogens is 540 g/mol. The Morgan fingerprint density at radius 3 is 2.17 bits per heavy atom. The maximum atomic E-state index is 10.3. The van der Waals surface area contributed by atoms with Gasteiger partial charge in [-0.3, -0.25) is 0 Å². The van der Waals surface area contributed by atoms with E-state index in [1.165, 1.54) is 0 Å².